The molecule has 0 spiro atoms. The second-order valence-electron chi connectivity index (χ2n) is 5.53. The minimum atomic E-state index is 0.424. The van der Waals surface area contributed by atoms with Crippen LogP contribution in [0.2, 0.25) is 5.15 Å². The van der Waals surface area contributed by atoms with Crippen molar-refractivity contribution in [3.05, 3.63) is 23.5 Å². The number of fused-ring (bicyclic) bond motifs is 4. The first-order valence-corrected chi connectivity index (χ1v) is 7.62. The summed E-state index contributed by atoms with van der Waals surface area (Å²) in [6.07, 6.45) is 3.98. The molecule has 5 heterocycles. The van der Waals surface area contributed by atoms with Gasteiger partial charge in [-0.1, -0.05) is 11.6 Å². The molecule has 2 bridgehead atoms. The SMILES string of the molecule is Clc1cc(-c2nc(N3CCN4CCC3CC4)no2)ccn1. The van der Waals surface area contributed by atoms with Gasteiger partial charge in [-0.3, -0.25) is 0 Å². The Labute approximate surface area is 127 Å². The van der Waals surface area contributed by atoms with Crippen LogP contribution in [0.15, 0.2) is 22.9 Å². The number of hydrogen-bond donors (Lipinski definition) is 0. The first-order chi connectivity index (χ1) is 10.3. The Morgan fingerprint density at radius 3 is 2.86 bits per heavy atom. The number of aromatic nitrogens is 3. The van der Waals surface area contributed by atoms with E-state index < -0.39 is 0 Å². The molecule has 0 amide bonds. The molecule has 2 aromatic rings. The lowest BCUT2D eigenvalue weighted by atomic mass is 10.1. The van der Waals surface area contributed by atoms with E-state index >= 15 is 0 Å². The van der Waals surface area contributed by atoms with Gasteiger partial charge in [0.2, 0.25) is 0 Å². The minimum absolute atomic E-state index is 0.424. The molecule has 0 saturated carbocycles. The fourth-order valence-electron chi connectivity index (χ4n) is 3.13. The molecule has 0 radical (unpaired) electrons. The number of anilines is 1. The third kappa shape index (κ3) is 2.49. The van der Waals surface area contributed by atoms with Crippen LogP contribution in [0.4, 0.5) is 5.95 Å². The molecule has 2 aromatic heterocycles. The molecule has 0 atom stereocenters. The Bertz CT molecular complexity index is 638. The summed E-state index contributed by atoms with van der Waals surface area (Å²) in [5.74, 6) is 1.18. The van der Waals surface area contributed by atoms with Crippen LogP contribution >= 0.6 is 11.6 Å². The topological polar surface area (TPSA) is 58.3 Å². The van der Waals surface area contributed by atoms with E-state index in [1.807, 2.05) is 6.07 Å². The number of rotatable bonds is 2. The summed E-state index contributed by atoms with van der Waals surface area (Å²) in [5.41, 5.74) is 0.802. The van der Waals surface area contributed by atoms with Gasteiger partial charge in [-0.15, -0.1) is 0 Å². The fourth-order valence-corrected chi connectivity index (χ4v) is 3.31. The van der Waals surface area contributed by atoms with Crippen molar-refractivity contribution >= 4 is 17.5 Å². The quantitative estimate of drug-likeness (QED) is 0.792. The van der Waals surface area contributed by atoms with Crippen LogP contribution in [-0.2, 0) is 0 Å². The molecular formula is C14H16ClN5O. The second kappa shape index (κ2) is 5.27. The predicted octanol–water partition coefficient (Wildman–Crippen LogP) is 2.07. The van der Waals surface area contributed by atoms with E-state index in [4.69, 9.17) is 16.1 Å². The Morgan fingerprint density at radius 1 is 1.19 bits per heavy atom. The van der Waals surface area contributed by atoms with E-state index in [1.165, 1.54) is 25.9 Å². The molecule has 5 rings (SSSR count). The van der Waals surface area contributed by atoms with Crippen LogP contribution in [0.1, 0.15) is 12.8 Å². The lowest BCUT2D eigenvalue weighted by molar-refractivity contribution is 0.250. The molecule has 7 heteroatoms. The highest BCUT2D eigenvalue weighted by Crippen LogP contribution is 2.27. The maximum absolute atomic E-state index is 5.91. The monoisotopic (exact) mass is 305 g/mol. The molecule has 3 fully saturated rings. The Kier molecular flexibility index (Phi) is 3.27. The molecule has 21 heavy (non-hydrogen) atoms. The maximum Gasteiger partial charge on any atom is 0.266 e. The molecule has 3 saturated heterocycles. The van der Waals surface area contributed by atoms with Crippen LogP contribution in [-0.4, -0.2) is 52.2 Å². The summed E-state index contributed by atoms with van der Waals surface area (Å²) in [5, 5.41) is 4.59. The van der Waals surface area contributed by atoms with Crippen LogP contribution in [0.25, 0.3) is 11.5 Å². The average Bonchev–Trinajstić information content (AvgIpc) is 2.80. The van der Waals surface area contributed by atoms with Crippen molar-refractivity contribution in [2.45, 2.75) is 18.9 Å². The summed E-state index contributed by atoms with van der Waals surface area (Å²) in [4.78, 5) is 13.3. The third-order valence-corrected chi connectivity index (χ3v) is 4.51. The van der Waals surface area contributed by atoms with Gasteiger partial charge in [0.1, 0.15) is 5.15 Å². The van der Waals surface area contributed by atoms with Gasteiger partial charge in [-0.25, -0.2) is 4.98 Å². The summed E-state index contributed by atoms with van der Waals surface area (Å²) in [7, 11) is 0. The van der Waals surface area contributed by atoms with Gasteiger partial charge in [0.05, 0.1) is 0 Å². The number of piperidine rings is 1. The number of nitrogens with zero attached hydrogens (tertiary/aromatic N) is 5. The summed E-state index contributed by atoms with van der Waals surface area (Å²) in [6, 6.07) is 4.08. The number of hydrogen-bond acceptors (Lipinski definition) is 6. The molecular weight excluding hydrogens is 290 g/mol. The van der Waals surface area contributed by atoms with Crippen molar-refractivity contribution in [1.82, 2.24) is 20.0 Å². The normalized spacial score (nSPS) is 25.1. The van der Waals surface area contributed by atoms with E-state index in [0.717, 1.165) is 18.7 Å². The average molecular weight is 306 g/mol. The van der Waals surface area contributed by atoms with Crippen LogP contribution in [0.3, 0.4) is 0 Å². The van der Waals surface area contributed by atoms with Crippen molar-refractivity contribution in [3.8, 4) is 11.5 Å². The van der Waals surface area contributed by atoms with Crippen LogP contribution in [0, 0.1) is 0 Å². The highest BCUT2D eigenvalue weighted by atomic mass is 35.5. The Morgan fingerprint density at radius 2 is 2.05 bits per heavy atom. The van der Waals surface area contributed by atoms with Gasteiger partial charge < -0.3 is 14.3 Å². The van der Waals surface area contributed by atoms with E-state index in [2.05, 4.69) is 24.9 Å². The summed E-state index contributed by atoms with van der Waals surface area (Å²) in [6.45, 7) is 4.37. The van der Waals surface area contributed by atoms with Crippen LogP contribution in [0.5, 0.6) is 0 Å². The molecule has 110 valence electrons. The van der Waals surface area contributed by atoms with Crippen LogP contribution < -0.4 is 4.90 Å². The minimum Gasteiger partial charge on any atom is -0.334 e. The van der Waals surface area contributed by atoms with Gasteiger partial charge in [0.15, 0.2) is 0 Å². The van der Waals surface area contributed by atoms with Crippen molar-refractivity contribution < 1.29 is 4.52 Å². The smallest absolute Gasteiger partial charge is 0.266 e. The summed E-state index contributed by atoms with van der Waals surface area (Å²) >= 11 is 5.91. The van der Waals surface area contributed by atoms with Gasteiger partial charge in [0.25, 0.3) is 11.8 Å². The highest BCUT2D eigenvalue weighted by Gasteiger charge is 2.31. The lowest BCUT2D eigenvalue weighted by Crippen LogP contribution is -2.38. The Hall–Kier alpha value is -1.66. The van der Waals surface area contributed by atoms with Gasteiger partial charge in [-0.2, -0.15) is 4.98 Å². The van der Waals surface area contributed by atoms with Crippen molar-refractivity contribution in [3.63, 3.8) is 0 Å². The lowest BCUT2D eigenvalue weighted by Gasteiger charge is -2.30. The van der Waals surface area contributed by atoms with Gasteiger partial charge in [-0.05, 0) is 30.1 Å². The van der Waals surface area contributed by atoms with Gasteiger partial charge in [0, 0.05) is 44.0 Å². The molecule has 3 aliphatic heterocycles. The van der Waals surface area contributed by atoms with E-state index in [9.17, 15) is 0 Å². The van der Waals surface area contributed by atoms with E-state index in [0.29, 0.717) is 23.0 Å². The zero-order chi connectivity index (χ0) is 14.2. The number of halogens is 1. The van der Waals surface area contributed by atoms with E-state index in [1.54, 1.807) is 12.3 Å². The summed E-state index contributed by atoms with van der Waals surface area (Å²) < 4.78 is 5.40. The molecule has 3 aliphatic rings. The second-order valence-corrected chi connectivity index (χ2v) is 5.92. The van der Waals surface area contributed by atoms with Crippen molar-refractivity contribution in [1.29, 1.82) is 0 Å². The molecule has 0 aromatic carbocycles. The van der Waals surface area contributed by atoms with E-state index in [-0.39, 0.29) is 0 Å². The fraction of sp³-hybridized carbons (Fsp3) is 0.500. The van der Waals surface area contributed by atoms with Gasteiger partial charge >= 0.3 is 0 Å². The maximum atomic E-state index is 5.91. The molecule has 0 aliphatic carbocycles. The molecule has 6 nitrogen and oxygen atoms in total. The van der Waals surface area contributed by atoms with Crippen molar-refractivity contribution in [2.75, 3.05) is 31.1 Å². The Balaban J connectivity index is 1.62. The zero-order valence-corrected chi connectivity index (χ0v) is 12.3. The first-order valence-electron chi connectivity index (χ1n) is 7.24. The third-order valence-electron chi connectivity index (χ3n) is 4.30. The predicted molar refractivity (Wildman–Crippen MR) is 79.3 cm³/mol. The number of pyridine rings is 1. The largest absolute Gasteiger partial charge is 0.334 e. The van der Waals surface area contributed by atoms with Crippen molar-refractivity contribution in [2.24, 2.45) is 0 Å². The highest BCUT2D eigenvalue weighted by molar-refractivity contribution is 6.29. The standard InChI is InChI=1S/C14H16ClN5O/c15-12-9-10(1-4-16-12)13-17-14(18-21-13)20-8-7-19-5-2-11(20)3-6-19/h1,4,9,11H,2-3,5-8H2. The molecule has 0 N–H and O–H groups in total. The molecule has 0 unspecified atom stereocenters. The first kappa shape index (κ1) is 13.0. The zero-order valence-electron chi connectivity index (χ0n) is 11.6.